The Balaban J connectivity index is 1.02. The summed E-state index contributed by atoms with van der Waals surface area (Å²) in [6.07, 6.45) is 0. The molecule has 11 aromatic rings. The fourth-order valence-electron chi connectivity index (χ4n) is 12.6. The molecule has 16 rings (SSSR count). The number of para-hydroxylation sites is 6. The molecule has 0 fully saturated rings. The zero-order valence-electron chi connectivity index (χ0n) is 36.0. The predicted molar refractivity (Wildman–Crippen MR) is 275 cm³/mol. The maximum atomic E-state index is 2.56. The van der Waals surface area contributed by atoms with Crippen molar-refractivity contribution in [1.29, 1.82) is 0 Å². The number of aromatic nitrogens is 1. The third kappa shape index (κ3) is 4.83. The monoisotopic (exact) mass is 837 g/mol. The molecule has 2 atom stereocenters. The van der Waals surface area contributed by atoms with Crippen LogP contribution in [0.5, 0.6) is 0 Å². The van der Waals surface area contributed by atoms with Gasteiger partial charge in [0.15, 0.2) is 0 Å². The van der Waals surface area contributed by atoms with E-state index >= 15 is 0 Å². The second kappa shape index (κ2) is 13.6. The molecule has 0 spiro atoms. The third-order valence-electron chi connectivity index (χ3n) is 15.1. The molecular weight excluding hydrogens is 798 g/mol. The Kier molecular flexibility index (Phi) is 7.42. The normalized spacial score (nSPS) is 15.8. The smallest absolute Gasteiger partial charge is 0.252 e. The average Bonchev–Trinajstić information content (AvgIpc) is 3.71. The van der Waals surface area contributed by atoms with Crippen molar-refractivity contribution in [3.05, 3.63) is 264 Å². The molecule has 0 saturated carbocycles. The predicted octanol–water partition coefficient (Wildman–Crippen LogP) is 13.5. The topological polar surface area (TPSA) is 11.4 Å². The van der Waals surface area contributed by atoms with Crippen molar-refractivity contribution in [1.82, 2.24) is 4.57 Å². The van der Waals surface area contributed by atoms with Crippen molar-refractivity contribution in [2.75, 3.05) is 9.80 Å². The summed E-state index contributed by atoms with van der Waals surface area (Å²) in [6, 6.07) is 86.4. The summed E-state index contributed by atoms with van der Waals surface area (Å²) in [7, 11) is 0. The Hall–Kier alpha value is -8.34. The van der Waals surface area contributed by atoms with Crippen LogP contribution in [-0.4, -0.2) is 11.3 Å². The first-order valence-electron chi connectivity index (χ1n) is 23.2. The number of benzene rings is 10. The lowest BCUT2D eigenvalue weighted by Crippen LogP contribution is -2.61. The lowest BCUT2D eigenvalue weighted by atomic mass is 9.33. The molecule has 0 amide bonds. The fraction of sp³-hybridized carbons (Fsp3) is 0.0323. The van der Waals surface area contributed by atoms with Crippen LogP contribution in [0.4, 0.5) is 34.1 Å². The van der Waals surface area contributed by atoms with Crippen LogP contribution < -0.4 is 26.2 Å². The van der Waals surface area contributed by atoms with Crippen LogP contribution in [0.15, 0.2) is 231 Å². The number of hydrogen-bond donors (Lipinski definition) is 0. The first kappa shape index (κ1) is 36.1. The van der Waals surface area contributed by atoms with Gasteiger partial charge in [0.05, 0.1) is 11.0 Å². The van der Waals surface area contributed by atoms with E-state index in [1.54, 1.807) is 0 Å². The lowest BCUT2D eigenvalue weighted by molar-refractivity contribution is 0.758. The standard InChI is InChI=1S/C62H40BN3/c1-4-19-40(20-5-1)64-53-32-15-12-25-44(53)48-37-49-50(38-56(48)64)59-45-26-10-11-27-46(45)61(49)60-43(28-18-29-47(59)60)39-35-57-62-58(36-39)66(42-23-8-3-9-24-42)55-34-17-14-31-52(55)63(62)51-30-13-16-33-54(51)65(57)41-21-6-2-7-22-41/h1-38,59,61H. The molecular formula is C62H40BN3. The molecule has 306 valence electrons. The van der Waals surface area contributed by atoms with Crippen LogP contribution in [-0.2, 0) is 0 Å². The van der Waals surface area contributed by atoms with Crippen molar-refractivity contribution in [3.63, 3.8) is 0 Å². The molecule has 0 N–H and O–H groups in total. The summed E-state index contributed by atoms with van der Waals surface area (Å²) in [5, 5.41) is 2.59. The largest absolute Gasteiger partial charge is 0.311 e. The van der Waals surface area contributed by atoms with Gasteiger partial charge in [0.1, 0.15) is 0 Å². The Bertz CT molecular complexity index is 3690. The van der Waals surface area contributed by atoms with Crippen molar-refractivity contribution >= 4 is 79.0 Å². The van der Waals surface area contributed by atoms with Gasteiger partial charge in [0.2, 0.25) is 0 Å². The second-order valence-electron chi connectivity index (χ2n) is 18.3. The van der Waals surface area contributed by atoms with E-state index in [9.17, 15) is 0 Å². The first-order valence-corrected chi connectivity index (χ1v) is 23.2. The van der Waals surface area contributed by atoms with Gasteiger partial charge in [-0.05, 0) is 140 Å². The van der Waals surface area contributed by atoms with E-state index in [0.29, 0.717) is 0 Å². The molecule has 3 heterocycles. The summed E-state index contributed by atoms with van der Waals surface area (Å²) in [5.74, 6) is 0.163. The van der Waals surface area contributed by atoms with Gasteiger partial charge in [-0.3, -0.25) is 0 Å². The van der Waals surface area contributed by atoms with Gasteiger partial charge in [-0.1, -0.05) is 152 Å². The Morgan fingerprint density at radius 3 is 1.50 bits per heavy atom. The SMILES string of the molecule is c1ccc(N2c3ccccc3B3c4ccccc4N(c4ccccc4)c4cc(-c5cccc6c5C5c7ccccc7C6c6cc7c(cc65)c5ccccc5n7-c5ccccc5)cc2c43)cc1. The quantitative estimate of drug-likeness (QED) is 0.164. The van der Waals surface area contributed by atoms with Crippen LogP contribution in [0, 0.1) is 0 Å². The molecule has 3 aliphatic carbocycles. The lowest BCUT2D eigenvalue weighted by Gasteiger charge is -2.45. The van der Waals surface area contributed by atoms with E-state index < -0.39 is 0 Å². The average molecular weight is 838 g/mol. The number of rotatable bonds is 4. The highest BCUT2D eigenvalue weighted by molar-refractivity contribution is 7.00. The van der Waals surface area contributed by atoms with Gasteiger partial charge in [-0.15, -0.1) is 0 Å². The van der Waals surface area contributed by atoms with E-state index in [4.69, 9.17) is 0 Å². The summed E-state index contributed by atoms with van der Waals surface area (Å²) in [5.41, 5.74) is 25.9. The van der Waals surface area contributed by atoms with E-state index in [1.807, 2.05) is 0 Å². The van der Waals surface area contributed by atoms with E-state index in [1.165, 1.54) is 111 Å². The van der Waals surface area contributed by atoms with Gasteiger partial charge >= 0.3 is 0 Å². The van der Waals surface area contributed by atoms with Crippen molar-refractivity contribution in [3.8, 4) is 16.8 Å². The number of hydrogen-bond acceptors (Lipinski definition) is 2. The maximum Gasteiger partial charge on any atom is 0.252 e. The van der Waals surface area contributed by atoms with Gasteiger partial charge in [0.25, 0.3) is 6.71 Å². The van der Waals surface area contributed by atoms with Gasteiger partial charge < -0.3 is 14.4 Å². The molecule has 5 aliphatic rings. The van der Waals surface area contributed by atoms with E-state index in [-0.39, 0.29) is 18.5 Å². The van der Waals surface area contributed by atoms with Crippen LogP contribution in [0.3, 0.4) is 0 Å². The first-order chi connectivity index (χ1) is 32.8. The minimum absolute atomic E-state index is 0.0627. The minimum Gasteiger partial charge on any atom is -0.311 e. The van der Waals surface area contributed by atoms with Gasteiger partial charge in [0, 0.05) is 62.4 Å². The molecule has 3 nitrogen and oxygen atoms in total. The Morgan fingerprint density at radius 2 is 0.848 bits per heavy atom. The summed E-state index contributed by atoms with van der Waals surface area (Å²) >= 11 is 0. The highest BCUT2D eigenvalue weighted by Gasteiger charge is 2.46. The molecule has 1 aromatic heterocycles. The highest BCUT2D eigenvalue weighted by atomic mass is 15.2. The Labute approximate surface area is 384 Å². The Morgan fingerprint density at radius 1 is 0.333 bits per heavy atom. The van der Waals surface area contributed by atoms with Crippen molar-refractivity contribution < 1.29 is 0 Å². The highest BCUT2D eigenvalue weighted by Crippen LogP contribution is 2.59. The molecule has 2 aliphatic heterocycles. The van der Waals surface area contributed by atoms with Crippen LogP contribution >= 0.6 is 0 Å². The summed E-state index contributed by atoms with van der Waals surface area (Å²) in [4.78, 5) is 5.05. The van der Waals surface area contributed by atoms with Crippen LogP contribution in [0.1, 0.15) is 45.2 Å². The molecule has 0 radical (unpaired) electrons. The minimum atomic E-state index is 0.0627. The van der Waals surface area contributed by atoms with E-state index in [0.717, 1.165) is 11.4 Å². The van der Waals surface area contributed by atoms with Gasteiger partial charge in [-0.25, -0.2) is 0 Å². The second-order valence-corrected chi connectivity index (χ2v) is 18.3. The zero-order chi connectivity index (χ0) is 43.0. The van der Waals surface area contributed by atoms with Crippen molar-refractivity contribution in [2.24, 2.45) is 0 Å². The maximum absolute atomic E-state index is 2.56. The summed E-state index contributed by atoms with van der Waals surface area (Å²) in [6.45, 7) is 0.0660. The molecule has 2 unspecified atom stereocenters. The van der Waals surface area contributed by atoms with E-state index in [2.05, 4.69) is 245 Å². The molecule has 0 saturated heterocycles. The summed E-state index contributed by atoms with van der Waals surface area (Å²) < 4.78 is 2.47. The number of nitrogens with zero attached hydrogens (tertiary/aromatic N) is 3. The van der Waals surface area contributed by atoms with Crippen LogP contribution in [0.25, 0.3) is 38.6 Å². The fourth-order valence-corrected chi connectivity index (χ4v) is 12.6. The molecule has 66 heavy (non-hydrogen) atoms. The third-order valence-corrected chi connectivity index (χ3v) is 15.1. The molecule has 2 bridgehead atoms. The molecule has 10 aromatic carbocycles. The number of fused-ring (bicyclic) bond motifs is 7. The zero-order valence-corrected chi connectivity index (χ0v) is 36.0. The van der Waals surface area contributed by atoms with Crippen molar-refractivity contribution in [2.45, 2.75) is 11.8 Å². The number of anilines is 6. The molecule has 4 heteroatoms. The van der Waals surface area contributed by atoms with Gasteiger partial charge in [-0.2, -0.15) is 0 Å². The van der Waals surface area contributed by atoms with Crippen LogP contribution in [0.2, 0.25) is 0 Å².